The van der Waals surface area contributed by atoms with E-state index in [4.69, 9.17) is 0 Å². The van der Waals surface area contributed by atoms with Gasteiger partial charge in [-0.15, -0.1) is 0 Å². The van der Waals surface area contributed by atoms with Crippen LogP contribution in [0.15, 0.2) is 47.4 Å². The van der Waals surface area contributed by atoms with Crippen LogP contribution in [-0.4, -0.2) is 31.7 Å². The van der Waals surface area contributed by atoms with Crippen molar-refractivity contribution in [3.63, 3.8) is 0 Å². The first-order valence-corrected chi connectivity index (χ1v) is 10.1. The number of carbonyl (C=O) groups excluding carboxylic acids is 1. The van der Waals surface area contributed by atoms with Gasteiger partial charge in [-0.2, -0.15) is 4.31 Å². The molecule has 27 heavy (non-hydrogen) atoms. The van der Waals surface area contributed by atoms with Gasteiger partial charge in [0.1, 0.15) is 0 Å². The summed E-state index contributed by atoms with van der Waals surface area (Å²) in [5.74, 6) is -2.45. The highest BCUT2D eigenvalue weighted by Crippen LogP contribution is 2.22. The van der Waals surface area contributed by atoms with Crippen molar-refractivity contribution >= 4 is 15.9 Å². The number of rotatable bonds is 5. The number of sulfonamides is 1. The molecule has 1 saturated heterocycles. The van der Waals surface area contributed by atoms with Gasteiger partial charge in [-0.05, 0) is 55.7 Å². The van der Waals surface area contributed by atoms with Crippen molar-refractivity contribution in [3.05, 3.63) is 65.2 Å². The van der Waals surface area contributed by atoms with Gasteiger partial charge in [0.05, 0.1) is 10.9 Å². The molecule has 0 aliphatic carbocycles. The number of hydrogen-bond acceptors (Lipinski definition) is 3. The van der Waals surface area contributed by atoms with Crippen LogP contribution in [-0.2, 0) is 10.0 Å². The van der Waals surface area contributed by atoms with Crippen molar-refractivity contribution < 1.29 is 22.0 Å². The average Bonchev–Trinajstić information content (AvgIpc) is 3.19. The summed E-state index contributed by atoms with van der Waals surface area (Å²) in [6.45, 7) is 2.59. The third-order valence-electron chi connectivity index (χ3n) is 4.59. The average molecular weight is 394 g/mol. The summed E-state index contributed by atoms with van der Waals surface area (Å²) in [4.78, 5) is 12.6. The largest absolute Gasteiger partial charge is 0.346 e. The van der Waals surface area contributed by atoms with Gasteiger partial charge < -0.3 is 5.32 Å². The molecule has 1 fully saturated rings. The Labute approximate surface area is 157 Å². The van der Waals surface area contributed by atoms with E-state index in [-0.39, 0.29) is 10.5 Å². The van der Waals surface area contributed by atoms with Crippen LogP contribution in [0.5, 0.6) is 0 Å². The summed E-state index contributed by atoms with van der Waals surface area (Å²) in [5, 5.41) is 2.67. The van der Waals surface area contributed by atoms with Crippen LogP contribution in [0.2, 0.25) is 0 Å². The molecule has 3 rings (SSSR count). The molecule has 1 atom stereocenters. The Balaban J connectivity index is 1.78. The summed E-state index contributed by atoms with van der Waals surface area (Å²) in [6, 6.07) is 8.65. The third kappa shape index (κ3) is 4.17. The van der Waals surface area contributed by atoms with Gasteiger partial charge in [0, 0.05) is 18.7 Å². The van der Waals surface area contributed by atoms with E-state index in [0.717, 1.165) is 25.0 Å². The number of nitrogens with one attached hydrogen (secondary N) is 1. The van der Waals surface area contributed by atoms with Gasteiger partial charge in [-0.3, -0.25) is 4.79 Å². The predicted octanol–water partition coefficient (Wildman–Crippen LogP) is 3.24. The zero-order chi connectivity index (χ0) is 19.6. The van der Waals surface area contributed by atoms with Gasteiger partial charge in [0.2, 0.25) is 10.0 Å². The van der Waals surface area contributed by atoms with E-state index in [0.29, 0.717) is 18.7 Å². The van der Waals surface area contributed by atoms with E-state index in [2.05, 4.69) is 5.32 Å². The highest BCUT2D eigenvalue weighted by Gasteiger charge is 2.27. The Bertz CT molecular complexity index is 957. The monoisotopic (exact) mass is 394 g/mol. The molecule has 144 valence electrons. The van der Waals surface area contributed by atoms with Crippen molar-refractivity contribution in [2.75, 3.05) is 13.1 Å². The highest BCUT2D eigenvalue weighted by molar-refractivity contribution is 7.89. The molecule has 5 nitrogen and oxygen atoms in total. The van der Waals surface area contributed by atoms with E-state index in [1.54, 1.807) is 6.92 Å². The number of hydrogen-bond donors (Lipinski definition) is 1. The smallest absolute Gasteiger partial charge is 0.251 e. The zero-order valence-corrected chi connectivity index (χ0v) is 15.6. The Kier molecular flexibility index (Phi) is 5.57. The summed E-state index contributed by atoms with van der Waals surface area (Å²) < 4.78 is 53.1. The van der Waals surface area contributed by atoms with E-state index < -0.39 is 33.6 Å². The number of nitrogens with zero attached hydrogens (tertiary/aromatic N) is 1. The Morgan fingerprint density at radius 3 is 2.44 bits per heavy atom. The van der Waals surface area contributed by atoms with E-state index in [1.165, 1.54) is 34.6 Å². The first kappa shape index (κ1) is 19.4. The predicted molar refractivity (Wildman–Crippen MR) is 96.7 cm³/mol. The van der Waals surface area contributed by atoms with Gasteiger partial charge in [0.25, 0.3) is 5.91 Å². The molecule has 1 amide bonds. The standard InChI is InChI=1S/C19H20F2N2O3S/c1-13(14-7-8-17(20)18(21)12-14)22-19(24)15-5-4-6-16(11-15)27(25,26)23-9-2-3-10-23/h4-8,11-13H,2-3,9-10H2,1H3,(H,22,24)/t13-/m1/s1. The quantitative estimate of drug-likeness (QED) is 0.847. The van der Waals surface area contributed by atoms with Crippen LogP contribution in [0.4, 0.5) is 8.78 Å². The molecular formula is C19H20F2N2O3S. The molecule has 0 bridgehead atoms. The SMILES string of the molecule is C[C@@H](NC(=O)c1cccc(S(=O)(=O)N2CCCC2)c1)c1ccc(F)c(F)c1. The Morgan fingerprint density at radius 2 is 1.78 bits per heavy atom. The Hall–Kier alpha value is -2.32. The maximum absolute atomic E-state index is 13.4. The molecule has 0 aromatic heterocycles. The van der Waals surface area contributed by atoms with Crippen molar-refractivity contribution in [2.45, 2.75) is 30.7 Å². The fourth-order valence-corrected chi connectivity index (χ4v) is 4.58. The molecule has 1 heterocycles. The molecule has 0 saturated carbocycles. The molecule has 0 radical (unpaired) electrons. The van der Waals surface area contributed by atoms with E-state index in [1.807, 2.05) is 0 Å². The molecule has 0 spiro atoms. The summed E-state index contributed by atoms with van der Waals surface area (Å²) in [5.41, 5.74) is 0.591. The van der Waals surface area contributed by atoms with Gasteiger partial charge >= 0.3 is 0 Å². The fourth-order valence-electron chi connectivity index (χ4n) is 3.02. The van der Waals surface area contributed by atoms with Gasteiger partial charge in [0.15, 0.2) is 11.6 Å². The minimum atomic E-state index is -3.62. The molecule has 1 N–H and O–H groups in total. The van der Waals surface area contributed by atoms with Gasteiger partial charge in [-0.25, -0.2) is 17.2 Å². The van der Waals surface area contributed by atoms with Crippen LogP contribution in [0.1, 0.15) is 41.7 Å². The van der Waals surface area contributed by atoms with Crippen LogP contribution in [0.3, 0.4) is 0 Å². The molecule has 2 aromatic carbocycles. The third-order valence-corrected chi connectivity index (χ3v) is 6.48. The normalized spacial score (nSPS) is 16.3. The van der Waals surface area contributed by atoms with Crippen LogP contribution in [0.25, 0.3) is 0 Å². The first-order chi connectivity index (χ1) is 12.8. The van der Waals surface area contributed by atoms with Gasteiger partial charge in [-0.1, -0.05) is 12.1 Å². The zero-order valence-electron chi connectivity index (χ0n) is 14.8. The topological polar surface area (TPSA) is 66.5 Å². The maximum atomic E-state index is 13.4. The van der Waals surface area contributed by atoms with Crippen molar-refractivity contribution in [1.82, 2.24) is 9.62 Å². The maximum Gasteiger partial charge on any atom is 0.251 e. The van der Waals surface area contributed by atoms with E-state index in [9.17, 15) is 22.0 Å². The molecule has 8 heteroatoms. The number of benzene rings is 2. The molecule has 0 unspecified atom stereocenters. The number of carbonyl (C=O) groups is 1. The molecule has 1 aliphatic heterocycles. The highest BCUT2D eigenvalue weighted by atomic mass is 32.2. The van der Waals surface area contributed by atoms with Crippen LogP contribution < -0.4 is 5.32 Å². The lowest BCUT2D eigenvalue weighted by molar-refractivity contribution is 0.0939. The lowest BCUT2D eigenvalue weighted by atomic mass is 10.1. The molecule has 2 aromatic rings. The fraction of sp³-hybridized carbons (Fsp3) is 0.316. The molecule has 1 aliphatic rings. The molecular weight excluding hydrogens is 374 g/mol. The summed E-state index contributed by atoms with van der Waals surface area (Å²) in [6.07, 6.45) is 1.65. The summed E-state index contributed by atoms with van der Waals surface area (Å²) in [7, 11) is -3.62. The number of halogens is 2. The van der Waals surface area contributed by atoms with Crippen molar-refractivity contribution in [2.24, 2.45) is 0 Å². The minimum Gasteiger partial charge on any atom is -0.346 e. The first-order valence-electron chi connectivity index (χ1n) is 8.65. The number of amides is 1. The Morgan fingerprint density at radius 1 is 1.07 bits per heavy atom. The lowest BCUT2D eigenvalue weighted by Gasteiger charge is -2.17. The minimum absolute atomic E-state index is 0.0672. The van der Waals surface area contributed by atoms with E-state index >= 15 is 0 Å². The summed E-state index contributed by atoms with van der Waals surface area (Å²) >= 11 is 0. The second-order valence-corrected chi connectivity index (χ2v) is 8.45. The van der Waals surface area contributed by atoms with Crippen LogP contribution in [0, 0.1) is 11.6 Å². The van der Waals surface area contributed by atoms with Crippen LogP contribution >= 0.6 is 0 Å². The second kappa shape index (κ2) is 7.74. The lowest BCUT2D eigenvalue weighted by Crippen LogP contribution is -2.29. The van der Waals surface area contributed by atoms with Crippen molar-refractivity contribution in [3.8, 4) is 0 Å². The van der Waals surface area contributed by atoms with Crippen molar-refractivity contribution in [1.29, 1.82) is 0 Å². The second-order valence-electron chi connectivity index (χ2n) is 6.51.